The van der Waals surface area contributed by atoms with Crippen molar-refractivity contribution in [3.63, 3.8) is 0 Å². The molecular weight excluding hydrogens is 206 g/mol. The minimum atomic E-state index is -0.699. The van der Waals surface area contributed by atoms with Crippen LogP contribution in [0.2, 0.25) is 0 Å². The molecule has 1 saturated heterocycles. The highest BCUT2D eigenvalue weighted by Crippen LogP contribution is 2.18. The van der Waals surface area contributed by atoms with Crippen LogP contribution in [0, 0.1) is 12.3 Å². The van der Waals surface area contributed by atoms with E-state index in [9.17, 15) is 9.59 Å². The number of carbonyl (C=O) groups excluding carboxylic acids is 2. The zero-order valence-electron chi connectivity index (χ0n) is 9.40. The van der Waals surface area contributed by atoms with Gasteiger partial charge in [0.1, 0.15) is 6.04 Å². The fourth-order valence-corrected chi connectivity index (χ4v) is 1.90. The lowest BCUT2D eigenvalue weighted by Crippen LogP contribution is -2.50. The second kappa shape index (κ2) is 5.52. The third-order valence-electron chi connectivity index (χ3n) is 2.74. The van der Waals surface area contributed by atoms with Gasteiger partial charge in [-0.05, 0) is 12.8 Å². The number of nitrogens with zero attached hydrogens (tertiary/aromatic N) is 1. The molecule has 0 spiro atoms. The first-order valence-electron chi connectivity index (χ1n) is 5.33. The van der Waals surface area contributed by atoms with Crippen LogP contribution >= 0.6 is 0 Å². The number of hydrogen-bond acceptors (Lipinski definition) is 3. The highest BCUT2D eigenvalue weighted by Gasteiger charge is 2.35. The Balaban J connectivity index is 2.68. The molecule has 2 unspecified atom stereocenters. The van der Waals surface area contributed by atoms with Gasteiger partial charge >= 0.3 is 0 Å². The Hall–Kier alpha value is -1.54. The molecule has 1 heterocycles. The molecule has 0 aliphatic carbocycles. The Morgan fingerprint density at radius 3 is 2.94 bits per heavy atom. The molecular formula is C11H17N3O2. The topological polar surface area (TPSA) is 75.4 Å². The van der Waals surface area contributed by atoms with Crippen LogP contribution in [0.4, 0.5) is 0 Å². The summed E-state index contributed by atoms with van der Waals surface area (Å²) in [6, 6.07) is -1.09. The highest BCUT2D eigenvalue weighted by molar-refractivity contribution is 5.90. The van der Waals surface area contributed by atoms with Gasteiger partial charge in [-0.2, -0.15) is 0 Å². The van der Waals surface area contributed by atoms with E-state index in [4.69, 9.17) is 12.2 Å². The van der Waals surface area contributed by atoms with Crippen molar-refractivity contribution in [3.05, 3.63) is 0 Å². The van der Waals surface area contributed by atoms with Gasteiger partial charge in [0.2, 0.25) is 11.8 Å². The minimum absolute atomic E-state index is 0.140. The molecule has 1 fully saturated rings. The van der Waals surface area contributed by atoms with Gasteiger partial charge < -0.3 is 16.0 Å². The summed E-state index contributed by atoms with van der Waals surface area (Å²) in [6.45, 7) is 0.579. The van der Waals surface area contributed by atoms with Crippen molar-refractivity contribution < 1.29 is 9.59 Å². The maximum Gasteiger partial charge on any atom is 0.242 e. The van der Waals surface area contributed by atoms with Crippen LogP contribution < -0.4 is 11.1 Å². The number of rotatable bonds is 3. The van der Waals surface area contributed by atoms with E-state index >= 15 is 0 Å². The number of amides is 2. The molecule has 1 rings (SSSR count). The van der Waals surface area contributed by atoms with Gasteiger partial charge in [-0.15, -0.1) is 12.3 Å². The van der Waals surface area contributed by atoms with Crippen molar-refractivity contribution in [3.8, 4) is 12.3 Å². The van der Waals surface area contributed by atoms with E-state index in [0.29, 0.717) is 13.0 Å². The maximum atomic E-state index is 11.9. The molecule has 5 nitrogen and oxygen atoms in total. The average molecular weight is 223 g/mol. The number of nitrogens with two attached hydrogens (primary N) is 1. The molecule has 0 aromatic carbocycles. The van der Waals surface area contributed by atoms with E-state index in [1.807, 2.05) is 0 Å². The van der Waals surface area contributed by atoms with Crippen molar-refractivity contribution in [2.75, 3.05) is 13.6 Å². The Morgan fingerprint density at radius 1 is 1.69 bits per heavy atom. The van der Waals surface area contributed by atoms with Crippen molar-refractivity contribution in [2.24, 2.45) is 5.73 Å². The number of nitrogens with one attached hydrogen (secondary N) is 1. The van der Waals surface area contributed by atoms with E-state index in [0.717, 1.165) is 6.42 Å². The molecule has 0 radical (unpaired) electrons. The predicted molar refractivity (Wildman–Crippen MR) is 60.2 cm³/mol. The number of likely N-dealkylation sites (N-methyl/N-ethyl adjacent to an activating group) is 1. The lowest BCUT2D eigenvalue weighted by molar-refractivity contribution is -0.139. The maximum absolute atomic E-state index is 11.9. The van der Waals surface area contributed by atoms with Crippen LogP contribution in [0.15, 0.2) is 0 Å². The van der Waals surface area contributed by atoms with Crippen molar-refractivity contribution in [1.82, 2.24) is 10.2 Å². The molecule has 0 aromatic heterocycles. The van der Waals surface area contributed by atoms with Crippen LogP contribution in [0.25, 0.3) is 0 Å². The third kappa shape index (κ3) is 2.52. The SMILES string of the molecule is C#CCC(N)C(=O)N1CCCC1C(=O)NC. The Bertz CT molecular complexity index is 322. The van der Waals surface area contributed by atoms with E-state index in [1.165, 1.54) is 4.90 Å². The van der Waals surface area contributed by atoms with Gasteiger partial charge in [0.15, 0.2) is 0 Å². The van der Waals surface area contributed by atoms with Crippen molar-refractivity contribution >= 4 is 11.8 Å². The summed E-state index contributed by atoms with van der Waals surface area (Å²) in [4.78, 5) is 24.9. The van der Waals surface area contributed by atoms with Gasteiger partial charge in [0, 0.05) is 20.0 Å². The monoisotopic (exact) mass is 223 g/mol. The minimum Gasteiger partial charge on any atom is -0.357 e. The number of hydrogen-bond donors (Lipinski definition) is 2. The molecule has 16 heavy (non-hydrogen) atoms. The third-order valence-corrected chi connectivity index (χ3v) is 2.74. The largest absolute Gasteiger partial charge is 0.357 e. The lowest BCUT2D eigenvalue weighted by atomic mass is 10.1. The second-order valence-electron chi connectivity index (χ2n) is 3.82. The second-order valence-corrected chi connectivity index (χ2v) is 3.82. The summed E-state index contributed by atoms with van der Waals surface area (Å²) in [5.74, 6) is 1.98. The molecule has 2 amide bonds. The van der Waals surface area contributed by atoms with Crippen LogP contribution in [0.3, 0.4) is 0 Å². The molecule has 0 saturated carbocycles. The summed E-state index contributed by atoms with van der Waals surface area (Å²) < 4.78 is 0. The van der Waals surface area contributed by atoms with Gasteiger partial charge in [-0.25, -0.2) is 0 Å². The summed E-state index contributed by atoms with van der Waals surface area (Å²) in [5.41, 5.74) is 5.65. The Labute approximate surface area is 95.4 Å². The lowest BCUT2D eigenvalue weighted by Gasteiger charge is -2.25. The zero-order chi connectivity index (χ0) is 12.1. The van der Waals surface area contributed by atoms with Crippen molar-refractivity contribution in [1.29, 1.82) is 0 Å². The number of likely N-dealkylation sites (tertiary alicyclic amines) is 1. The first-order valence-corrected chi connectivity index (χ1v) is 5.33. The smallest absolute Gasteiger partial charge is 0.242 e. The Morgan fingerprint density at radius 2 is 2.38 bits per heavy atom. The van der Waals surface area contributed by atoms with Gasteiger partial charge in [-0.3, -0.25) is 9.59 Å². The van der Waals surface area contributed by atoms with E-state index in [1.54, 1.807) is 7.05 Å². The summed E-state index contributed by atoms with van der Waals surface area (Å²) >= 11 is 0. The normalized spacial score (nSPS) is 21.3. The fourth-order valence-electron chi connectivity index (χ4n) is 1.90. The molecule has 0 aromatic rings. The summed E-state index contributed by atoms with van der Waals surface area (Å²) in [6.07, 6.45) is 6.83. The quantitative estimate of drug-likeness (QED) is 0.607. The molecule has 3 N–H and O–H groups in total. The molecule has 2 atom stereocenters. The molecule has 0 bridgehead atoms. The first-order chi connectivity index (χ1) is 7.61. The Kier molecular flexibility index (Phi) is 4.32. The van der Waals surface area contributed by atoms with Crippen LogP contribution in [-0.2, 0) is 9.59 Å². The number of terminal acetylenes is 1. The van der Waals surface area contributed by atoms with Crippen LogP contribution in [0.5, 0.6) is 0 Å². The number of carbonyl (C=O) groups is 2. The van der Waals surface area contributed by atoms with E-state index in [-0.39, 0.29) is 24.3 Å². The van der Waals surface area contributed by atoms with Crippen LogP contribution in [0.1, 0.15) is 19.3 Å². The average Bonchev–Trinajstić information content (AvgIpc) is 2.76. The highest BCUT2D eigenvalue weighted by atomic mass is 16.2. The molecule has 1 aliphatic rings. The molecule has 88 valence electrons. The van der Waals surface area contributed by atoms with Crippen molar-refractivity contribution in [2.45, 2.75) is 31.3 Å². The first kappa shape index (κ1) is 12.5. The van der Waals surface area contributed by atoms with Crippen LogP contribution in [-0.4, -0.2) is 42.4 Å². The fraction of sp³-hybridized carbons (Fsp3) is 0.636. The van der Waals surface area contributed by atoms with Gasteiger partial charge in [0.05, 0.1) is 6.04 Å². The molecule has 5 heteroatoms. The molecule has 1 aliphatic heterocycles. The predicted octanol–water partition coefficient (Wildman–Crippen LogP) is -0.926. The van der Waals surface area contributed by atoms with Gasteiger partial charge in [-0.1, -0.05) is 0 Å². The summed E-state index contributed by atoms with van der Waals surface area (Å²) in [7, 11) is 1.56. The van der Waals surface area contributed by atoms with E-state index in [2.05, 4.69) is 11.2 Å². The summed E-state index contributed by atoms with van der Waals surface area (Å²) in [5, 5.41) is 2.55. The van der Waals surface area contributed by atoms with Gasteiger partial charge in [0.25, 0.3) is 0 Å². The standard InChI is InChI=1S/C11H17N3O2/c1-3-5-8(12)11(16)14-7-4-6-9(14)10(15)13-2/h1,8-9H,4-7,12H2,2H3,(H,13,15). The zero-order valence-corrected chi connectivity index (χ0v) is 9.40. The van der Waals surface area contributed by atoms with E-state index < -0.39 is 6.04 Å².